The van der Waals surface area contributed by atoms with Crippen molar-refractivity contribution in [3.8, 4) is 0 Å². The quantitative estimate of drug-likeness (QED) is 0.765. The van der Waals surface area contributed by atoms with E-state index in [1.54, 1.807) is 11.8 Å². The maximum absolute atomic E-state index is 13.1. The van der Waals surface area contributed by atoms with Crippen LogP contribution in [0, 0.1) is 11.6 Å². The Bertz CT molecular complexity index is 291. The molecule has 2 N–H and O–H groups in total. The minimum atomic E-state index is -0.384. The van der Waals surface area contributed by atoms with E-state index in [1.165, 1.54) is 6.07 Å². The van der Waals surface area contributed by atoms with Crippen LogP contribution in [0.1, 0.15) is 5.56 Å². The van der Waals surface area contributed by atoms with E-state index in [-0.39, 0.29) is 11.6 Å². The Morgan fingerprint density at radius 2 is 2.00 bits per heavy atom. The third-order valence-electron chi connectivity index (χ3n) is 1.79. The Hall–Kier alpha value is -0.610. The first kappa shape index (κ1) is 11.5. The molecular weight excluding hydrogens is 204 g/mol. The van der Waals surface area contributed by atoms with Crippen LogP contribution < -0.4 is 5.73 Å². The maximum Gasteiger partial charge on any atom is 0.126 e. The second kappa shape index (κ2) is 5.98. The van der Waals surface area contributed by atoms with Gasteiger partial charge in [0.25, 0.3) is 0 Å². The molecule has 0 fully saturated rings. The summed E-state index contributed by atoms with van der Waals surface area (Å²) in [6.45, 7) is 0.621. The molecule has 1 aromatic rings. The average molecular weight is 217 g/mol. The lowest BCUT2D eigenvalue weighted by Crippen LogP contribution is -2.03. The summed E-state index contributed by atoms with van der Waals surface area (Å²) in [5, 5.41) is 0. The molecule has 0 spiro atoms. The number of aryl methyl sites for hydroxylation is 1. The van der Waals surface area contributed by atoms with Gasteiger partial charge < -0.3 is 5.73 Å². The average Bonchev–Trinajstić information content (AvgIpc) is 2.18. The summed E-state index contributed by atoms with van der Waals surface area (Å²) in [4.78, 5) is 0. The lowest BCUT2D eigenvalue weighted by Gasteiger charge is -2.02. The highest BCUT2D eigenvalue weighted by Crippen LogP contribution is 2.12. The maximum atomic E-state index is 13.1. The first-order chi connectivity index (χ1) is 6.74. The molecule has 1 aromatic carbocycles. The summed E-state index contributed by atoms with van der Waals surface area (Å²) >= 11 is 1.65. The normalized spacial score (nSPS) is 10.5. The molecule has 4 heteroatoms. The molecule has 0 saturated carbocycles. The Morgan fingerprint density at radius 3 is 2.71 bits per heavy atom. The van der Waals surface area contributed by atoms with E-state index >= 15 is 0 Å². The van der Waals surface area contributed by atoms with Gasteiger partial charge in [-0.05, 0) is 35.9 Å². The molecule has 0 aliphatic rings. The van der Waals surface area contributed by atoms with Crippen LogP contribution in [0.3, 0.4) is 0 Å². The third-order valence-corrected chi connectivity index (χ3v) is 2.80. The van der Waals surface area contributed by atoms with Crippen molar-refractivity contribution in [3.05, 3.63) is 35.4 Å². The van der Waals surface area contributed by atoms with E-state index in [1.807, 2.05) is 0 Å². The van der Waals surface area contributed by atoms with Crippen LogP contribution in [0.4, 0.5) is 8.78 Å². The van der Waals surface area contributed by atoms with Crippen molar-refractivity contribution in [2.24, 2.45) is 5.73 Å². The van der Waals surface area contributed by atoms with Gasteiger partial charge in [-0.2, -0.15) is 11.8 Å². The Balaban J connectivity index is 2.45. The van der Waals surface area contributed by atoms with Gasteiger partial charge in [0.2, 0.25) is 0 Å². The number of nitrogens with two attached hydrogens (primary N) is 1. The van der Waals surface area contributed by atoms with Crippen LogP contribution in [-0.4, -0.2) is 18.1 Å². The summed E-state index contributed by atoms with van der Waals surface area (Å²) in [7, 11) is 0. The Labute approximate surface area is 86.7 Å². The van der Waals surface area contributed by atoms with Crippen LogP contribution in [0.2, 0.25) is 0 Å². The SMILES string of the molecule is NCCSCCc1cc(F)ccc1F. The second-order valence-electron chi connectivity index (χ2n) is 2.89. The van der Waals surface area contributed by atoms with Crippen molar-refractivity contribution in [3.63, 3.8) is 0 Å². The van der Waals surface area contributed by atoms with Gasteiger partial charge in [0.15, 0.2) is 0 Å². The fraction of sp³-hybridized carbons (Fsp3) is 0.400. The zero-order chi connectivity index (χ0) is 10.4. The van der Waals surface area contributed by atoms with Gasteiger partial charge in [-0.3, -0.25) is 0 Å². The first-order valence-corrected chi connectivity index (χ1v) is 5.61. The van der Waals surface area contributed by atoms with Crippen LogP contribution >= 0.6 is 11.8 Å². The van der Waals surface area contributed by atoms with Crippen molar-refractivity contribution in [2.75, 3.05) is 18.1 Å². The zero-order valence-electron chi connectivity index (χ0n) is 7.80. The second-order valence-corrected chi connectivity index (χ2v) is 4.11. The predicted molar refractivity (Wildman–Crippen MR) is 56.4 cm³/mol. The van der Waals surface area contributed by atoms with Gasteiger partial charge in [-0.25, -0.2) is 8.78 Å². The summed E-state index contributed by atoms with van der Waals surface area (Å²) in [6.07, 6.45) is 0.550. The molecule has 0 aliphatic heterocycles. The molecule has 14 heavy (non-hydrogen) atoms. The van der Waals surface area contributed by atoms with E-state index in [0.717, 1.165) is 23.6 Å². The number of hydrogen-bond acceptors (Lipinski definition) is 2. The Kier molecular flexibility index (Phi) is 4.90. The lowest BCUT2D eigenvalue weighted by molar-refractivity contribution is 0.587. The molecule has 0 unspecified atom stereocenters. The molecule has 0 aromatic heterocycles. The van der Waals surface area contributed by atoms with E-state index in [9.17, 15) is 8.78 Å². The fourth-order valence-corrected chi connectivity index (χ4v) is 1.84. The smallest absolute Gasteiger partial charge is 0.126 e. The molecule has 78 valence electrons. The lowest BCUT2D eigenvalue weighted by atomic mass is 10.1. The van der Waals surface area contributed by atoms with Gasteiger partial charge in [0, 0.05) is 12.3 Å². The number of halogens is 2. The van der Waals surface area contributed by atoms with Crippen molar-refractivity contribution < 1.29 is 8.78 Å². The standard InChI is InChI=1S/C10H13F2NS/c11-9-1-2-10(12)8(7-9)3-5-14-6-4-13/h1-2,7H,3-6,13H2. The number of hydrogen-bond donors (Lipinski definition) is 1. The van der Waals surface area contributed by atoms with Crippen molar-refractivity contribution in [2.45, 2.75) is 6.42 Å². The molecule has 1 nitrogen and oxygen atoms in total. The van der Waals surface area contributed by atoms with Crippen molar-refractivity contribution in [1.82, 2.24) is 0 Å². The monoisotopic (exact) mass is 217 g/mol. The van der Waals surface area contributed by atoms with Crippen LogP contribution in [-0.2, 0) is 6.42 Å². The minimum absolute atomic E-state index is 0.334. The molecule has 0 heterocycles. The van der Waals surface area contributed by atoms with Crippen LogP contribution in [0.15, 0.2) is 18.2 Å². The molecule has 0 bridgehead atoms. The molecule has 1 rings (SSSR count). The number of thioether (sulfide) groups is 1. The van der Waals surface area contributed by atoms with Gasteiger partial charge in [0.05, 0.1) is 0 Å². The van der Waals surface area contributed by atoms with Gasteiger partial charge in [0.1, 0.15) is 11.6 Å². The van der Waals surface area contributed by atoms with E-state index in [2.05, 4.69) is 0 Å². The van der Waals surface area contributed by atoms with E-state index < -0.39 is 0 Å². The highest BCUT2D eigenvalue weighted by atomic mass is 32.2. The molecule has 0 saturated heterocycles. The largest absolute Gasteiger partial charge is 0.330 e. The summed E-state index contributed by atoms with van der Waals surface area (Å²) in [5.41, 5.74) is 5.75. The summed E-state index contributed by atoms with van der Waals surface area (Å²) < 4.78 is 25.8. The van der Waals surface area contributed by atoms with Gasteiger partial charge in [-0.15, -0.1) is 0 Å². The van der Waals surface area contributed by atoms with Crippen LogP contribution in [0.25, 0.3) is 0 Å². The highest BCUT2D eigenvalue weighted by Gasteiger charge is 2.03. The number of rotatable bonds is 5. The zero-order valence-corrected chi connectivity index (χ0v) is 8.62. The predicted octanol–water partition coefficient (Wildman–Crippen LogP) is 2.20. The van der Waals surface area contributed by atoms with Gasteiger partial charge in [-0.1, -0.05) is 0 Å². The van der Waals surface area contributed by atoms with Crippen LogP contribution in [0.5, 0.6) is 0 Å². The Morgan fingerprint density at radius 1 is 1.21 bits per heavy atom. The summed E-state index contributed by atoms with van der Waals surface area (Å²) in [6, 6.07) is 3.54. The highest BCUT2D eigenvalue weighted by molar-refractivity contribution is 7.99. The van der Waals surface area contributed by atoms with Crippen molar-refractivity contribution in [1.29, 1.82) is 0 Å². The van der Waals surface area contributed by atoms with Crippen molar-refractivity contribution >= 4 is 11.8 Å². The fourth-order valence-electron chi connectivity index (χ4n) is 1.10. The van der Waals surface area contributed by atoms with Gasteiger partial charge >= 0.3 is 0 Å². The molecule has 0 radical (unpaired) electrons. The van der Waals surface area contributed by atoms with E-state index in [4.69, 9.17) is 5.73 Å². The van der Waals surface area contributed by atoms with E-state index in [0.29, 0.717) is 18.5 Å². The molecule has 0 aliphatic carbocycles. The topological polar surface area (TPSA) is 26.0 Å². The summed E-state index contributed by atoms with van der Waals surface area (Å²) in [5.74, 6) is 0.916. The molecular formula is C10H13F2NS. The molecule has 0 amide bonds. The number of benzene rings is 1. The first-order valence-electron chi connectivity index (χ1n) is 4.46. The third kappa shape index (κ3) is 3.64. The molecule has 0 atom stereocenters. The minimum Gasteiger partial charge on any atom is -0.330 e.